The molecular weight excluding hydrogens is 160 g/mol. The molecule has 0 atom stereocenters. The molecule has 1 rings (SSSR count). The average Bonchev–Trinajstić information content (AvgIpc) is 2.15. The Labute approximate surface area is 78.7 Å². The predicted octanol–water partition coefficient (Wildman–Crippen LogP) is 2.11. The Hall–Kier alpha value is -1.75. The van der Waals surface area contributed by atoms with E-state index in [1.54, 1.807) is 0 Å². The van der Waals surface area contributed by atoms with E-state index in [-0.39, 0.29) is 0 Å². The summed E-state index contributed by atoms with van der Waals surface area (Å²) in [4.78, 5) is 1.87. The number of allylic oxidation sites excluding steroid dienone is 1. The molecule has 13 heavy (non-hydrogen) atoms. The molecule has 0 aliphatic rings. The van der Waals surface area contributed by atoms with E-state index in [1.165, 1.54) is 0 Å². The number of hydrogen-bond acceptors (Lipinski definition) is 2. The maximum absolute atomic E-state index is 8.88. The van der Waals surface area contributed by atoms with Gasteiger partial charge in [0, 0.05) is 20.3 Å². The first-order valence-electron chi connectivity index (χ1n) is 4.08. The first-order chi connectivity index (χ1) is 6.24. The molecule has 1 aromatic carbocycles. The van der Waals surface area contributed by atoms with Crippen molar-refractivity contribution in [1.29, 1.82) is 5.26 Å². The third-order valence-electron chi connectivity index (χ3n) is 1.59. The SMILES string of the molecule is CN(C)/C=C(\C#N)c1ccccc1. The number of nitriles is 1. The van der Waals surface area contributed by atoms with Crippen LogP contribution in [0.3, 0.4) is 0 Å². The molecule has 0 bridgehead atoms. The van der Waals surface area contributed by atoms with Gasteiger partial charge in [0.25, 0.3) is 0 Å². The van der Waals surface area contributed by atoms with Gasteiger partial charge in [-0.05, 0) is 5.56 Å². The fraction of sp³-hybridized carbons (Fsp3) is 0.182. The molecule has 66 valence electrons. The zero-order valence-electron chi connectivity index (χ0n) is 7.86. The van der Waals surface area contributed by atoms with Crippen molar-refractivity contribution in [3.8, 4) is 6.07 Å². The predicted molar refractivity (Wildman–Crippen MR) is 53.7 cm³/mol. The van der Waals surface area contributed by atoms with Crippen LogP contribution in [-0.4, -0.2) is 19.0 Å². The molecule has 0 spiro atoms. The van der Waals surface area contributed by atoms with Gasteiger partial charge >= 0.3 is 0 Å². The average molecular weight is 172 g/mol. The number of nitrogens with zero attached hydrogens (tertiary/aromatic N) is 2. The molecule has 0 saturated carbocycles. The lowest BCUT2D eigenvalue weighted by Gasteiger charge is -2.06. The molecule has 0 N–H and O–H groups in total. The highest BCUT2D eigenvalue weighted by molar-refractivity contribution is 5.76. The van der Waals surface area contributed by atoms with Gasteiger partial charge in [-0.25, -0.2) is 0 Å². The van der Waals surface area contributed by atoms with Crippen LogP contribution in [0.25, 0.3) is 5.57 Å². The van der Waals surface area contributed by atoms with Crippen LogP contribution < -0.4 is 0 Å². The molecule has 0 saturated heterocycles. The van der Waals surface area contributed by atoms with Crippen molar-refractivity contribution >= 4 is 5.57 Å². The Kier molecular flexibility index (Phi) is 3.10. The van der Waals surface area contributed by atoms with Gasteiger partial charge in [0.05, 0.1) is 5.57 Å². The topological polar surface area (TPSA) is 27.0 Å². The van der Waals surface area contributed by atoms with Crippen LogP contribution >= 0.6 is 0 Å². The van der Waals surface area contributed by atoms with E-state index in [0.717, 1.165) is 5.56 Å². The Bertz CT molecular complexity index is 331. The minimum Gasteiger partial charge on any atom is -0.382 e. The summed E-state index contributed by atoms with van der Waals surface area (Å²) in [5.41, 5.74) is 1.64. The quantitative estimate of drug-likeness (QED) is 0.639. The molecule has 0 radical (unpaired) electrons. The molecule has 2 heteroatoms. The Morgan fingerprint density at radius 3 is 2.38 bits per heavy atom. The van der Waals surface area contributed by atoms with Gasteiger partial charge in [-0.15, -0.1) is 0 Å². The van der Waals surface area contributed by atoms with E-state index in [2.05, 4.69) is 6.07 Å². The second-order valence-corrected chi connectivity index (χ2v) is 2.98. The van der Waals surface area contributed by atoms with Crippen molar-refractivity contribution in [2.75, 3.05) is 14.1 Å². The van der Waals surface area contributed by atoms with Crippen LogP contribution in [0.4, 0.5) is 0 Å². The van der Waals surface area contributed by atoms with E-state index in [0.29, 0.717) is 5.57 Å². The molecule has 0 aliphatic carbocycles. The van der Waals surface area contributed by atoms with Crippen molar-refractivity contribution in [3.63, 3.8) is 0 Å². The van der Waals surface area contributed by atoms with E-state index in [1.807, 2.05) is 55.5 Å². The summed E-state index contributed by atoms with van der Waals surface area (Å²) in [5.74, 6) is 0. The molecule has 0 heterocycles. The van der Waals surface area contributed by atoms with Crippen LogP contribution in [0, 0.1) is 11.3 Å². The van der Waals surface area contributed by atoms with Crippen LogP contribution in [0.1, 0.15) is 5.56 Å². The highest BCUT2D eigenvalue weighted by Crippen LogP contribution is 2.12. The standard InChI is InChI=1S/C11H12N2/c1-13(2)9-11(8-12)10-6-4-3-5-7-10/h3-7,9H,1-2H3/b11-9+. The lowest BCUT2D eigenvalue weighted by atomic mass is 10.1. The summed E-state index contributed by atoms with van der Waals surface area (Å²) in [6.45, 7) is 0. The van der Waals surface area contributed by atoms with E-state index in [4.69, 9.17) is 5.26 Å². The molecule has 2 nitrogen and oxygen atoms in total. The van der Waals surface area contributed by atoms with Gasteiger partial charge in [-0.3, -0.25) is 0 Å². The van der Waals surface area contributed by atoms with Crippen molar-refractivity contribution in [1.82, 2.24) is 4.90 Å². The zero-order chi connectivity index (χ0) is 9.68. The fourth-order valence-electron chi connectivity index (χ4n) is 1.04. The number of benzene rings is 1. The largest absolute Gasteiger partial charge is 0.382 e. The van der Waals surface area contributed by atoms with E-state index in [9.17, 15) is 0 Å². The molecule has 1 aromatic rings. The highest BCUT2D eigenvalue weighted by Gasteiger charge is 1.98. The maximum atomic E-state index is 8.88. The summed E-state index contributed by atoms with van der Waals surface area (Å²) < 4.78 is 0. The lowest BCUT2D eigenvalue weighted by Crippen LogP contribution is -2.02. The van der Waals surface area contributed by atoms with Gasteiger partial charge in [0.2, 0.25) is 0 Å². The van der Waals surface area contributed by atoms with Crippen molar-refractivity contribution < 1.29 is 0 Å². The molecular formula is C11H12N2. The smallest absolute Gasteiger partial charge is 0.101 e. The summed E-state index contributed by atoms with van der Waals surface area (Å²) in [6, 6.07) is 11.8. The van der Waals surface area contributed by atoms with Gasteiger partial charge < -0.3 is 4.90 Å². The second kappa shape index (κ2) is 4.32. The maximum Gasteiger partial charge on any atom is 0.101 e. The minimum absolute atomic E-state index is 0.686. The highest BCUT2D eigenvalue weighted by atomic mass is 15.0. The Morgan fingerprint density at radius 1 is 1.31 bits per heavy atom. The first-order valence-corrected chi connectivity index (χ1v) is 4.08. The van der Waals surface area contributed by atoms with Gasteiger partial charge in [-0.1, -0.05) is 30.3 Å². The molecule has 0 aliphatic heterocycles. The Morgan fingerprint density at radius 2 is 1.92 bits per heavy atom. The number of hydrogen-bond donors (Lipinski definition) is 0. The molecule has 0 unspecified atom stereocenters. The van der Waals surface area contributed by atoms with Crippen molar-refractivity contribution in [2.45, 2.75) is 0 Å². The first kappa shape index (κ1) is 9.34. The zero-order valence-corrected chi connectivity index (χ0v) is 7.86. The van der Waals surface area contributed by atoms with Gasteiger partial charge in [0.15, 0.2) is 0 Å². The van der Waals surface area contributed by atoms with Crippen LogP contribution in [-0.2, 0) is 0 Å². The van der Waals surface area contributed by atoms with E-state index >= 15 is 0 Å². The summed E-state index contributed by atoms with van der Waals surface area (Å²) in [5, 5.41) is 8.88. The number of rotatable bonds is 2. The fourth-order valence-corrected chi connectivity index (χ4v) is 1.04. The minimum atomic E-state index is 0.686. The van der Waals surface area contributed by atoms with Crippen LogP contribution in [0.15, 0.2) is 36.5 Å². The molecule has 0 aromatic heterocycles. The van der Waals surface area contributed by atoms with Crippen molar-refractivity contribution in [3.05, 3.63) is 42.1 Å². The third-order valence-corrected chi connectivity index (χ3v) is 1.59. The third kappa shape index (κ3) is 2.64. The van der Waals surface area contributed by atoms with Gasteiger partial charge in [0.1, 0.15) is 6.07 Å². The lowest BCUT2D eigenvalue weighted by molar-refractivity contribution is 0.566. The van der Waals surface area contributed by atoms with Crippen LogP contribution in [0.5, 0.6) is 0 Å². The second-order valence-electron chi connectivity index (χ2n) is 2.98. The van der Waals surface area contributed by atoms with Crippen molar-refractivity contribution in [2.24, 2.45) is 0 Å². The van der Waals surface area contributed by atoms with Crippen LogP contribution in [0.2, 0.25) is 0 Å². The summed E-state index contributed by atoms with van der Waals surface area (Å²) in [6.07, 6.45) is 1.81. The normalized spacial score (nSPS) is 10.7. The summed E-state index contributed by atoms with van der Waals surface area (Å²) >= 11 is 0. The molecule has 0 fully saturated rings. The Balaban J connectivity index is 3.00. The monoisotopic (exact) mass is 172 g/mol. The van der Waals surface area contributed by atoms with Gasteiger partial charge in [-0.2, -0.15) is 5.26 Å². The molecule has 0 amide bonds. The summed E-state index contributed by atoms with van der Waals surface area (Å²) in [7, 11) is 3.81. The van der Waals surface area contributed by atoms with E-state index < -0.39 is 0 Å².